The number of halogens is 1. The Morgan fingerprint density at radius 2 is 2.00 bits per heavy atom. The van der Waals surface area contributed by atoms with Gasteiger partial charge in [-0.05, 0) is 57.1 Å². The van der Waals surface area contributed by atoms with E-state index in [1.54, 1.807) is 24.8 Å². The fraction of sp³-hybridized carbons (Fsp3) is 0.438. The summed E-state index contributed by atoms with van der Waals surface area (Å²) >= 11 is 11.5. The first kappa shape index (κ1) is 20.6. The van der Waals surface area contributed by atoms with E-state index in [-0.39, 0.29) is 16.7 Å². The molecule has 1 fully saturated rings. The summed E-state index contributed by atoms with van der Waals surface area (Å²) in [7, 11) is -3.51. The standard InChI is InChI=1S/C16H19ClN4O3S2/c1-16(2)14(22)21(12-6-5-11(10-18)13(17)9-12)15(25)20(16)7-3-4-8-26(19,23)24/h5-6,9H,3-4,7-8H2,1-2H3,(H2,19,23,24). The van der Waals surface area contributed by atoms with E-state index in [9.17, 15) is 13.2 Å². The summed E-state index contributed by atoms with van der Waals surface area (Å²) < 4.78 is 22.1. The Morgan fingerprint density at radius 1 is 1.35 bits per heavy atom. The monoisotopic (exact) mass is 414 g/mol. The largest absolute Gasteiger partial charge is 0.334 e. The molecule has 140 valence electrons. The van der Waals surface area contributed by atoms with E-state index in [4.69, 9.17) is 34.2 Å². The number of nitrogens with two attached hydrogens (primary N) is 1. The minimum atomic E-state index is -3.51. The van der Waals surface area contributed by atoms with Crippen LogP contribution in [-0.2, 0) is 14.8 Å². The van der Waals surface area contributed by atoms with Crippen LogP contribution >= 0.6 is 23.8 Å². The average molecular weight is 415 g/mol. The van der Waals surface area contributed by atoms with Crippen molar-refractivity contribution in [2.45, 2.75) is 32.2 Å². The van der Waals surface area contributed by atoms with E-state index >= 15 is 0 Å². The zero-order chi connectivity index (χ0) is 19.7. The number of hydrogen-bond acceptors (Lipinski definition) is 5. The van der Waals surface area contributed by atoms with Gasteiger partial charge in [-0.1, -0.05) is 11.6 Å². The summed E-state index contributed by atoms with van der Waals surface area (Å²) in [5.74, 6) is -0.327. The van der Waals surface area contributed by atoms with Crippen molar-refractivity contribution in [3.05, 3.63) is 28.8 Å². The maximum absolute atomic E-state index is 12.9. The smallest absolute Gasteiger partial charge is 0.258 e. The van der Waals surface area contributed by atoms with Gasteiger partial charge in [0.05, 0.1) is 22.0 Å². The van der Waals surface area contributed by atoms with Crippen LogP contribution in [0.4, 0.5) is 5.69 Å². The second-order valence-electron chi connectivity index (χ2n) is 6.48. The molecule has 1 amide bonds. The van der Waals surface area contributed by atoms with Gasteiger partial charge in [0.1, 0.15) is 11.6 Å². The highest BCUT2D eigenvalue weighted by Gasteiger charge is 2.49. The van der Waals surface area contributed by atoms with Crippen molar-refractivity contribution in [1.29, 1.82) is 5.26 Å². The van der Waals surface area contributed by atoms with Crippen LogP contribution in [0, 0.1) is 11.3 Å². The van der Waals surface area contributed by atoms with Crippen LogP contribution in [0.1, 0.15) is 32.3 Å². The van der Waals surface area contributed by atoms with Gasteiger partial charge in [0.15, 0.2) is 5.11 Å². The van der Waals surface area contributed by atoms with E-state index in [0.717, 1.165) is 0 Å². The van der Waals surface area contributed by atoms with Gasteiger partial charge in [0, 0.05) is 6.54 Å². The quantitative estimate of drug-likeness (QED) is 0.563. The highest BCUT2D eigenvalue weighted by atomic mass is 35.5. The Balaban J connectivity index is 2.21. The van der Waals surface area contributed by atoms with Crippen LogP contribution in [-0.4, -0.2) is 42.2 Å². The van der Waals surface area contributed by atoms with Gasteiger partial charge in [0.2, 0.25) is 10.0 Å². The van der Waals surface area contributed by atoms with Gasteiger partial charge in [-0.25, -0.2) is 13.6 Å². The Kier molecular flexibility index (Phi) is 5.92. The summed E-state index contributed by atoms with van der Waals surface area (Å²) in [6.07, 6.45) is 0.903. The third-order valence-electron chi connectivity index (χ3n) is 4.22. The van der Waals surface area contributed by atoms with Gasteiger partial charge < -0.3 is 4.90 Å². The van der Waals surface area contributed by atoms with Crippen LogP contribution in [0.5, 0.6) is 0 Å². The molecule has 2 rings (SSSR count). The Hall–Kier alpha value is -1.73. The molecule has 0 unspecified atom stereocenters. The molecule has 10 heteroatoms. The average Bonchev–Trinajstić information content (AvgIpc) is 2.69. The summed E-state index contributed by atoms with van der Waals surface area (Å²) in [6.45, 7) is 3.94. The van der Waals surface area contributed by atoms with Crippen molar-refractivity contribution in [3.8, 4) is 6.07 Å². The highest BCUT2D eigenvalue weighted by Crippen LogP contribution is 2.34. The molecule has 0 atom stereocenters. The van der Waals surface area contributed by atoms with Crippen molar-refractivity contribution in [2.24, 2.45) is 5.14 Å². The van der Waals surface area contributed by atoms with Crippen molar-refractivity contribution < 1.29 is 13.2 Å². The minimum Gasteiger partial charge on any atom is -0.334 e. The first-order valence-electron chi connectivity index (χ1n) is 7.85. The molecule has 1 aliphatic heterocycles. The normalized spacial score (nSPS) is 16.9. The van der Waals surface area contributed by atoms with E-state index in [1.165, 1.54) is 17.0 Å². The third-order valence-corrected chi connectivity index (χ3v) is 5.79. The number of benzene rings is 1. The number of unbranched alkanes of at least 4 members (excludes halogenated alkanes) is 1. The predicted octanol–water partition coefficient (Wildman–Crippen LogP) is 1.99. The minimum absolute atomic E-state index is 0.114. The van der Waals surface area contributed by atoms with Gasteiger partial charge in [-0.2, -0.15) is 5.26 Å². The number of primary sulfonamides is 1. The lowest BCUT2D eigenvalue weighted by Crippen LogP contribution is -2.44. The number of thiocarbonyl (C=S) groups is 1. The molecule has 0 aromatic heterocycles. The molecule has 0 bridgehead atoms. The van der Waals surface area contributed by atoms with Crippen LogP contribution in [0.3, 0.4) is 0 Å². The van der Waals surface area contributed by atoms with Crippen molar-refractivity contribution in [3.63, 3.8) is 0 Å². The lowest BCUT2D eigenvalue weighted by molar-refractivity contribution is -0.123. The zero-order valence-corrected chi connectivity index (χ0v) is 16.8. The van der Waals surface area contributed by atoms with Gasteiger partial charge in [0.25, 0.3) is 5.91 Å². The number of sulfonamides is 1. The molecule has 1 aromatic rings. The predicted molar refractivity (Wildman–Crippen MR) is 104 cm³/mol. The molecule has 1 aromatic carbocycles. The summed E-state index contributed by atoms with van der Waals surface area (Å²) in [6, 6.07) is 6.66. The van der Waals surface area contributed by atoms with Crippen LogP contribution in [0.15, 0.2) is 18.2 Å². The fourth-order valence-corrected chi connectivity index (χ4v) is 4.08. The molecule has 1 aliphatic rings. The third kappa shape index (κ3) is 4.15. The topological polar surface area (TPSA) is 108 Å². The maximum atomic E-state index is 12.9. The number of nitrogens with zero attached hydrogens (tertiary/aromatic N) is 3. The van der Waals surface area contributed by atoms with E-state index < -0.39 is 15.6 Å². The first-order valence-corrected chi connectivity index (χ1v) is 10.4. The number of carbonyl (C=O) groups excluding carboxylic acids is 1. The number of nitriles is 1. The van der Waals surface area contributed by atoms with Crippen molar-refractivity contribution in [1.82, 2.24) is 4.90 Å². The summed E-state index contributed by atoms with van der Waals surface area (Å²) in [4.78, 5) is 16.0. The molecule has 2 N–H and O–H groups in total. The molecule has 0 aliphatic carbocycles. The van der Waals surface area contributed by atoms with Crippen molar-refractivity contribution >= 4 is 50.5 Å². The lowest BCUT2D eigenvalue weighted by atomic mass is 10.0. The lowest BCUT2D eigenvalue weighted by Gasteiger charge is -2.29. The fourth-order valence-electron chi connectivity index (χ4n) is 2.75. The molecule has 7 nitrogen and oxygen atoms in total. The zero-order valence-electron chi connectivity index (χ0n) is 14.4. The molecule has 1 saturated heterocycles. The molecule has 0 spiro atoms. The Morgan fingerprint density at radius 3 is 2.54 bits per heavy atom. The number of anilines is 1. The second-order valence-corrected chi connectivity index (χ2v) is 8.99. The van der Waals surface area contributed by atoms with Gasteiger partial charge in [-0.15, -0.1) is 0 Å². The number of carbonyl (C=O) groups is 1. The van der Waals surface area contributed by atoms with E-state index in [2.05, 4.69) is 0 Å². The van der Waals surface area contributed by atoms with Crippen LogP contribution in [0.25, 0.3) is 0 Å². The highest BCUT2D eigenvalue weighted by molar-refractivity contribution is 7.89. The first-order chi connectivity index (χ1) is 12.0. The van der Waals surface area contributed by atoms with Crippen molar-refractivity contribution in [2.75, 3.05) is 17.2 Å². The van der Waals surface area contributed by atoms with E-state index in [0.29, 0.717) is 35.7 Å². The molecule has 26 heavy (non-hydrogen) atoms. The number of rotatable bonds is 6. The van der Waals surface area contributed by atoms with Gasteiger partial charge >= 0.3 is 0 Å². The van der Waals surface area contributed by atoms with Crippen LogP contribution in [0.2, 0.25) is 5.02 Å². The number of amides is 1. The van der Waals surface area contributed by atoms with E-state index in [1.807, 2.05) is 6.07 Å². The SMILES string of the molecule is CC1(C)C(=O)N(c2ccc(C#N)c(Cl)c2)C(=S)N1CCCCS(N)(=O)=O. The Bertz CT molecular complexity index is 893. The molecular weight excluding hydrogens is 396 g/mol. The molecule has 0 radical (unpaired) electrons. The maximum Gasteiger partial charge on any atom is 0.258 e. The summed E-state index contributed by atoms with van der Waals surface area (Å²) in [5, 5.41) is 14.5. The Labute approximate surface area is 163 Å². The second kappa shape index (κ2) is 7.48. The van der Waals surface area contributed by atoms with Crippen LogP contribution < -0.4 is 10.0 Å². The summed E-state index contributed by atoms with van der Waals surface area (Å²) in [5.41, 5.74) is -0.0739. The molecule has 0 saturated carbocycles. The molecular formula is C16H19ClN4O3S2. The molecule has 1 heterocycles. The van der Waals surface area contributed by atoms with Gasteiger partial charge in [-0.3, -0.25) is 9.69 Å². The number of hydrogen-bond donors (Lipinski definition) is 1.